The molecule has 4 rings (SSSR count). The number of hydrogen-bond acceptors (Lipinski definition) is 4. The van der Waals surface area contributed by atoms with Gasteiger partial charge < -0.3 is 15.7 Å². The minimum Gasteiger partial charge on any atom is -0.380 e. The maximum Gasteiger partial charge on any atom is 0.269 e. The zero-order valence-corrected chi connectivity index (χ0v) is 16.1. The van der Waals surface area contributed by atoms with E-state index >= 15 is 0 Å². The minimum absolute atomic E-state index is 0.0485. The Morgan fingerprint density at radius 1 is 1.22 bits per heavy atom. The van der Waals surface area contributed by atoms with Gasteiger partial charge in [-0.25, -0.2) is 0 Å². The van der Waals surface area contributed by atoms with E-state index in [9.17, 15) is 14.7 Å². The second-order valence-corrected chi connectivity index (χ2v) is 8.31. The van der Waals surface area contributed by atoms with E-state index in [1.807, 2.05) is 11.6 Å². The summed E-state index contributed by atoms with van der Waals surface area (Å²) in [5.74, 6) is -0.0644. The Hall–Kier alpha value is -1.89. The van der Waals surface area contributed by atoms with Crippen LogP contribution in [0.25, 0.3) is 0 Å². The van der Waals surface area contributed by atoms with Crippen LogP contribution in [0.2, 0.25) is 0 Å². The highest BCUT2D eigenvalue weighted by atomic mass is 16.3. The fraction of sp³-hybridized carbons (Fsp3) is 0.750. The van der Waals surface area contributed by atoms with Crippen molar-refractivity contribution in [3.05, 3.63) is 17.0 Å². The first-order valence-corrected chi connectivity index (χ1v) is 10.4. The Kier molecular flexibility index (Phi) is 4.97. The summed E-state index contributed by atoms with van der Waals surface area (Å²) in [6, 6.07) is 0.0485. The quantitative estimate of drug-likeness (QED) is 0.700. The molecule has 1 heterocycles. The molecule has 1 aromatic rings. The number of nitrogens with one attached hydrogen (secondary N) is 2. The van der Waals surface area contributed by atoms with E-state index in [0.29, 0.717) is 25.9 Å². The number of fused-ring (bicyclic) bond motifs is 1. The van der Waals surface area contributed by atoms with Crippen LogP contribution in [-0.4, -0.2) is 44.9 Å². The van der Waals surface area contributed by atoms with Crippen LogP contribution in [0.3, 0.4) is 0 Å². The number of aromatic nitrogens is 2. The lowest BCUT2D eigenvalue weighted by Crippen LogP contribution is -2.58. The lowest BCUT2D eigenvalue weighted by Gasteiger charge is -2.41. The molecule has 1 aromatic heterocycles. The number of rotatable bonds is 6. The SMILES string of the molecule is CCn1nc2c(c1C(=O)NC[C@@H]1CC[C@H]1NC(=O)C1(O)CCC1)CCCC2. The fourth-order valence-corrected chi connectivity index (χ4v) is 4.44. The van der Waals surface area contributed by atoms with Gasteiger partial charge in [0.05, 0.1) is 5.69 Å². The smallest absolute Gasteiger partial charge is 0.269 e. The van der Waals surface area contributed by atoms with Crippen molar-refractivity contribution >= 4 is 11.8 Å². The van der Waals surface area contributed by atoms with Crippen molar-refractivity contribution in [2.24, 2.45) is 5.92 Å². The average Bonchev–Trinajstić information content (AvgIpc) is 3.01. The fourth-order valence-electron chi connectivity index (χ4n) is 4.44. The second-order valence-electron chi connectivity index (χ2n) is 8.31. The molecule has 7 nitrogen and oxygen atoms in total. The predicted molar refractivity (Wildman–Crippen MR) is 100 cm³/mol. The van der Waals surface area contributed by atoms with Crippen LogP contribution in [0.4, 0.5) is 0 Å². The van der Waals surface area contributed by atoms with E-state index in [1.54, 1.807) is 0 Å². The van der Waals surface area contributed by atoms with Gasteiger partial charge in [0.1, 0.15) is 11.3 Å². The molecule has 0 spiro atoms. The van der Waals surface area contributed by atoms with Gasteiger partial charge in [0.25, 0.3) is 11.8 Å². The predicted octanol–water partition coefficient (Wildman–Crippen LogP) is 1.32. The molecule has 3 aliphatic rings. The molecule has 3 N–H and O–H groups in total. The number of amides is 2. The summed E-state index contributed by atoms with van der Waals surface area (Å²) in [4.78, 5) is 25.1. The van der Waals surface area contributed by atoms with Crippen molar-refractivity contribution in [3.63, 3.8) is 0 Å². The zero-order chi connectivity index (χ0) is 19.0. The van der Waals surface area contributed by atoms with Crippen molar-refractivity contribution in [3.8, 4) is 0 Å². The van der Waals surface area contributed by atoms with Crippen molar-refractivity contribution in [2.75, 3.05) is 6.54 Å². The maximum absolute atomic E-state index is 12.8. The lowest BCUT2D eigenvalue weighted by atomic mass is 9.76. The van der Waals surface area contributed by atoms with Crippen LogP contribution in [0.1, 0.15) is 73.6 Å². The normalized spacial score (nSPS) is 25.7. The first-order valence-electron chi connectivity index (χ1n) is 10.4. The van der Waals surface area contributed by atoms with Crippen molar-refractivity contribution in [1.29, 1.82) is 0 Å². The Morgan fingerprint density at radius 3 is 2.63 bits per heavy atom. The van der Waals surface area contributed by atoms with E-state index in [1.165, 1.54) is 0 Å². The van der Waals surface area contributed by atoms with Gasteiger partial charge in [-0.05, 0) is 70.6 Å². The van der Waals surface area contributed by atoms with E-state index < -0.39 is 5.60 Å². The summed E-state index contributed by atoms with van der Waals surface area (Å²) < 4.78 is 1.83. The summed E-state index contributed by atoms with van der Waals surface area (Å²) in [5, 5.41) is 20.8. The molecule has 0 unspecified atom stereocenters. The monoisotopic (exact) mass is 374 g/mol. The van der Waals surface area contributed by atoms with Crippen LogP contribution in [0.15, 0.2) is 0 Å². The molecule has 0 aromatic carbocycles. The summed E-state index contributed by atoms with van der Waals surface area (Å²) >= 11 is 0. The van der Waals surface area contributed by atoms with Gasteiger partial charge in [0, 0.05) is 24.7 Å². The Labute approximate surface area is 159 Å². The molecule has 0 radical (unpaired) electrons. The molecule has 0 aliphatic heterocycles. The Bertz CT molecular complexity index is 738. The Balaban J connectivity index is 1.34. The summed E-state index contributed by atoms with van der Waals surface area (Å²) in [5.41, 5.74) is 1.76. The van der Waals surface area contributed by atoms with Crippen LogP contribution in [0, 0.1) is 5.92 Å². The van der Waals surface area contributed by atoms with E-state index in [-0.39, 0.29) is 23.8 Å². The molecular formula is C20H30N4O3. The first kappa shape index (κ1) is 18.5. The lowest BCUT2D eigenvalue weighted by molar-refractivity contribution is -0.150. The van der Waals surface area contributed by atoms with Gasteiger partial charge in [-0.15, -0.1) is 0 Å². The van der Waals surface area contributed by atoms with E-state index in [2.05, 4.69) is 15.7 Å². The molecule has 3 aliphatic carbocycles. The van der Waals surface area contributed by atoms with Gasteiger partial charge in [-0.3, -0.25) is 14.3 Å². The molecule has 2 fully saturated rings. The zero-order valence-electron chi connectivity index (χ0n) is 16.1. The molecule has 7 heteroatoms. The van der Waals surface area contributed by atoms with E-state index in [4.69, 9.17) is 0 Å². The van der Waals surface area contributed by atoms with Gasteiger partial charge >= 0.3 is 0 Å². The molecular weight excluding hydrogens is 344 g/mol. The van der Waals surface area contributed by atoms with Gasteiger partial charge in [0.2, 0.25) is 0 Å². The van der Waals surface area contributed by atoms with Crippen LogP contribution >= 0.6 is 0 Å². The summed E-state index contributed by atoms with van der Waals surface area (Å²) in [6.45, 7) is 3.25. The van der Waals surface area contributed by atoms with Crippen molar-refractivity contribution < 1.29 is 14.7 Å². The highest BCUT2D eigenvalue weighted by Crippen LogP contribution is 2.34. The molecule has 2 atom stereocenters. The number of hydrogen-bond donors (Lipinski definition) is 3. The molecule has 2 amide bonds. The number of aryl methyl sites for hydroxylation is 2. The number of aliphatic hydroxyl groups is 1. The highest BCUT2D eigenvalue weighted by Gasteiger charge is 2.44. The average molecular weight is 374 g/mol. The second kappa shape index (κ2) is 7.26. The van der Waals surface area contributed by atoms with Gasteiger partial charge in [-0.2, -0.15) is 5.10 Å². The minimum atomic E-state index is -1.16. The topological polar surface area (TPSA) is 96.3 Å². The third-order valence-electron chi connectivity index (χ3n) is 6.60. The van der Waals surface area contributed by atoms with Crippen molar-refractivity contribution in [2.45, 2.75) is 82.9 Å². The number of nitrogens with zero attached hydrogens (tertiary/aromatic N) is 2. The maximum atomic E-state index is 12.8. The van der Waals surface area contributed by atoms with Crippen molar-refractivity contribution in [1.82, 2.24) is 20.4 Å². The number of carbonyl (C=O) groups excluding carboxylic acids is 2. The molecule has 0 saturated heterocycles. The molecule has 0 bridgehead atoms. The highest BCUT2D eigenvalue weighted by molar-refractivity contribution is 5.94. The third-order valence-corrected chi connectivity index (χ3v) is 6.60. The van der Waals surface area contributed by atoms with Gasteiger partial charge in [-0.1, -0.05) is 0 Å². The molecule has 27 heavy (non-hydrogen) atoms. The van der Waals surface area contributed by atoms with Crippen LogP contribution in [-0.2, 0) is 24.2 Å². The van der Waals surface area contributed by atoms with Crippen LogP contribution in [0.5, 0.6) is 0 Å². The molecule has 2 saturated carbocycles. The van der Waals surface area contributed by atoms with E-state index in [0.717, 1.165) is 61.9 Å². The third kappa shape index (κ3) is 3.37. The Morgan fingerprint density at radius 2 is 2.00 bits per heavy atom. The summed E-state index contributed by atoms with van der Waals surface area (Å²) in [6.07, 6.45) is 8.05. The number of carbonyl (C=O) groups is 2. The largest absolute Gasteiger partial charge is 0.380 e. The van der Waals surface area contributed by atoms with Gasteiger partial charge in [0.15, 0.2) is 0 Å². The first-order chi connectivity index (χ1) is 13.0. The van der Waals surface area contributed by atoms with Crippen LogP contribution < -0.4 is 10.6 Å². The summed E-state index contributed by atoms with van der Waals surface area (Å²) in [7, 11) is 0. The molecule has 148 valence electrons. The standard InChI is InChI=1S/C20H30N4O3/c1-2-24-17(14-6-3-4-7-16(14)23-24)18(25)21-12-13-8-9-15(13)22-19(26)20(27)10-5-11-20/h13,15,27H,2-12H2,1H3,(H,21,25)(H,22,26)/t13-,15+/m0/s1.